The fraction of sp³-hybridized carbons (Fsp3) is 1.00. The van der Waals surface area contributed by atoms with Crippen molar-refractivity contribution in [1.29, 1.82) is 0 Å². The lowest BCUT2D eigenvalue weighted by atomic mass is 9.98. The average molecular weight is 340 g/mol. The number of hydrogen-bond donors (Lipinski definition) is 6. The van der Waals surface area contributed by atoms with Gasteiger partial charge in [0.2, 0.25) is 0 Å². The van der Waals surface area contributed by atoms with E-state index in [1.807, 2.05) is 0 Å². The van der Waals surface area contributed by atoms with Gasteiger partial charge in [-0.3, -0.25) is 0 Å². The normalized spacial score (nSPS) is 48.4. The van der Waals surface area contributed by atoms with Crippen molar-refractivity contribution < 1.29 is 49.6 Å². The topological polar surface area (TPSA) is 158 Å². The van der Waals surface area contributed by atoms with Crippen molar-refractivity contribution in [1.82, 2.24) is 0 Å². The molecule has 0 aromatic heterocycles. The summed E-state index contributed by atoms with van der Waals surface area (Å²) in [5.41, 5.74) is 0. The molecule has 2 aliphatic heterocycles. The van der Waals surface area contributed by atoms with Crippen molar-refractivity contribution in [3.8, 4) is 0 Å². The molecular formula is C13H24O10. The number of ether oxygens (including phenoxy) is 4. The van der Waals surface area contributed by atoms with Gasteiger partial charge in [-0.1, -0.05) is 0 Å². The molecule has 0 aromatic rings. The van der Waals surface area contributed by atoms with Gasteiger partial charge in [0.05, 0.1) is 19.3 Å². The second kappa shape index (κ2) is 8.12. The predicted molar refractivity (Wildman–Crippen MR) is 72.0 cm³/mol. The Morgan fingerprint density at radius 3 is 2.13 bits per heavy atom. The van der Waals surface area contributed by atoms with Gasteiger partial charge >= 0.3 is 0 Å². The van der Waals surface area contributed by atoms with Crippen molar-refractivity contribution in [2.45, 2.75) is 61.7 Å². The Morgan fingerprint density at radius 1 is 0.913 bits per heavy atom. The van der Waals surface area contributed by atoms with Crippen molar-refractivity contribution >= 4 is 0 Å². The number of hydrogen-bond acceptors (Lipinski definition) is 10. The first-order valence-corrected chi connectivity index (χ1v) is 7.36. The van der Waals surface area contributed by atoms with Gasteiger partial charge in [-0.05, 0) is 0 Å². The largest absolute Gasteiger partial charge is 0.394 e. The van der Waals surface area contributed by atoms with Crippen molar-refractivity contribution in [2.75, 3.05) is 20.3 Å². The lowest BCUT2D eigenvalue weighted by molar-refractivity contribution is -0.343. The van der Waals surface area contributed by atoms with Crippen LogP contribution in [0.15, 0.2) is 0 Å². The fourth-order valence-corrected chi connectivity index (χ4v) is 2.72. The summed E-state index contributed by atoms with van der Waals surface area (Å²) in [6.45, 7) is -1.07. The molecule has 2 aliphatic rings. The molecule has 2 fully saturated rings. The Bertz CT molecular complexity index is 367. The molecule has 0 bridgehead atoms. The van der Waals surface area contributed by atoms with E-state index in [-0.39, 0.29) is 6.42 Å². The lowest BCUT2D eigenvalue weighted by Gasteiger charge is -2.44. The summed E-state index contributed by atoms with van der Waals surface area (Å²) in [7, 11) is 1.39. The minimum absolute atomic E-state index is 0.0785. The van der Waals surface area contributed by atoms with Crippen molar-refractivity contribution in [3.63, 3.8) is 0 Å². The highest BCUT2D eigenvalue weighted by Gasteiger charge is 2.47. The lowest BCUT2D eigenvalue weighted by Crippen LogP contribution is -2.62. The third kappa shape index (κ3) is 3.99. The average Bonchev–Trinajstić information content (AvgIpc) is 2.56. The van der Waals surface area contributed by atoms with Crippen LogP contribution in [0.2, 0.25) is 0 Å². The first-order valence-electron chi connectivity index (χ1n) is 7.36. The van der Waals surface area contributed by atoms with Crippen molar-refractivity contribution in [3.05, 3.63) is 0 Å². The van der Waals surface area contributed by atoms with Gasteiger partial charge in [0.15, 0.2) is 12.6 Å². The Kier molecular flexibility index (Phi) is 6.68. The maximum atomic E-state index is 10.1. The fourth-order valence-electron chi connectivity index (χ4n) is 2.72. The number of aliphatic hydroxyl groups excluding tert-OH is 6. The van der Waals surface area contributed by atoms with Crippen LogP contribution in [0, 0.1) is 0 Å². The third-order valence-corrected chi connectivity index (χ3v) is 4.09. The first kappa shape index (κ1) is 18.9. The molecule has 9 atom stereocenters. The minimum atomic E-state index is -1.60. The van der Waals surface area contributed by atoms with Gasteiger partial charge in [-0.15, -0.1) is 0 Å². The van der Waals surface area contributed by atoms with E-state index in [4.69, 9.17) is 24.1 Å². The molecule has 0 aliphatic carbocycles. The zero-order valence-corrected chi connectivity index (χ0v) is 12.6. The number of methoxy groups -OCH3 is 1. The summed E-state index contributed by atoms with van der Waals surface area (Å²) in [4.78, 5) is 0. The van der Waals surface area contributed by atoms with E-state index in [9.17, 15) is 25.5 Å². The molecule has 0 amide bonds. The van der Waals surface area contributed by atoms with E-state index in [0.29, 0.717) is 0 Å². The van der Waals surface area contributed by atoms with Crippen LogP contribution < -0.4 is 0 Å². The molecule has 0 spiro atoms. The van der Waals surface area contributed by atoms with E-state index in [2.05, 4.69) is 0 Å². The summed E-state index contributed by atoms with van der Waals surface area (Å²) in [6.07, 6.45) is -10.9. The molecule has 2 saturated heterocycles. The Morgan fingerprint density at radius 2 is 1.57 bits per heavy atom. The standard InChI is InChI=1S/C13H24O10/c1-20-8-2-5(16)12(7(4-15)21-8)23-13-11(19)10(18)9(17)6(3-14)22-13/h5-19H,2-4H2,1H3/t5-,6-,7-,8+,9+,10+,11-,12-,13+/m1/s1. The van der Waals surface area contributed by atoms with Crippen LogP contribution in [-0.2, 0) is 18.9 Å². The van der Waals surface area contributed by atoms with E-state index in [1.165, 1.54) is 7.11 Å². The van der Waals surface area contributed by atoms with Gasteiger partial charge in [0, 0.05) is 13.5 Å². The van der Waals surface area contributed by atoms with Crippen LogP contribution in [0.25, 0.3) is 0 Å². The van der Waals surface area contributed by atoms with Crippen LogP contribution in [0.5, 0.6) is 0 Å². The summed E-state index contributed by atoms with van der Waals surface area (Å²) in [5, 5.41) is 58.0. The molecule has 136 valence electrons. The van der Waals surface area contributed by atoms with Gasteiger partial charge in [-0.25, -0.2) is 0 Å². The molecule has 0 radical (unpaired) electrons. The van der Waals surface area contributed by atoms with Gasteiger partial charge < -0.3 is 49.6 Å². The molecular weight excluding hydrogens is 316 g/mol. The number of rotatable bonds is 5. The van der Waals surface area contributed by atoms with Gasteiger partial charge in [0.1, 0.15) is 36.6 Å². The van der Waals surface area contributed by atoms with E-state index in [1.54, 1.807) is 0 Å². The molecule has 10 heteroatoms. The minimum Gasteiger partial charge on any atom is -0.394 e. The molecule has 23 heavy (non-hydrogen) atoms. The molecule has 6 N–H and O–H groups in total. The quantitative estimate of drug-likeness (QED) is 0.294. The SMILES string of the molecule is CO[C@@H]1C[C@@H](O)[C@@H](O[C@@H]2O[C@H](CO)[C@H](O)[C@H](O)[C@H]2O)[C@@H](CO)O1. The van der Waals surface area contributed by atoms with Gasteiger partial charge in [0.25, 0.3) is 0 Å². The molecule has 2 heterocycles. The van der Waals surface area contributed by atoms with E-state index >= 15 is 0 Å². The van der Waals surface area contributed by atoms with E-state index in [0.717, 1.165) is 0 Å². The zero-order chi connectivity index (χ0) is 17.1. The Balaban J connectivity index is 2.06. The zero-order valence-electron chi connectivity index (χ0n) is 12.6. The smallest absolute Gasteiger partial charge is 0.187 e. The Hall–Kier alpha value is -0.400. The second-order valence-electron chi connectivity index (χ2n) is 5.62. The van der Waals surface area contributed by atoms with Crippen LogP contribution in [0.3, 0.4) is 0 Å². The highest BCUT2D eigenvalue weighted by atomic mass is 16.7. The first-order chi connectivity index (χ1) is 10.9. The molecule has 0 aromatic carbocycles. The van der Waals surface area contributed by atoms with E-state index < -0.39 is 68.5 Å². The molecule has 0 saturated carbocycles. The van der Waals surface area contributed by atoms with Crippen LogP contribution >= 0.6 is 0 Å². The summed E-state index contributed by atoms with van der Waals surface area (Å²) in [6, 6.07) is 0. The second-order valence-corrected chi connectivity index (χ2v) is 5.62. The Labute approximate surface area is 132 Å². The monoisotopic (exact) mass is 340 g/mol. The highest BCUT2D eigenvalue weighted by Crippen LogP contribution is 2.28. The van der Waals surface area contributed by atoms with Crippen LogP contribution in [0.4, 0.5) is 0 Å². The maximum Gasteiger partial charge on any atom is 0.187 e. The van der Waals surface area contributed by atoms with Crippen LogP contribution in [0.1, 0.15) is 6.42 Å². The maximum absolute atomic E-state index is 10.1. The predicted octanol–water partition coefficient (Wildman–Crippen LogP) is -3.71. The summed E-state index contributed by atoms with van der Waals surface area (Å²) >= 11 is 0. The highest BCUT2D eigenvalue weighted by molar-refractivity contribution is 4.91. The third-order valence-electron chi connectivity index (χ3n) is 4.09. The molecule has 0 unspecified atom stereocenters. The number of aliphatic hydroxyl groups is 6. The molecule has 10 nitrogen and oxygen atoms in total. The van der Waals surface area contributed by atoms with Crippen LogP contribution in [-0.4, -0.2) is 106 Å². The van der Waals surface area contributed by atoms with Gasteiger partial charge in [-0.2, -0.15) is 0 Å². The van der Waals surface area contributed by atoms with Crippen molar-refractivity contribution in [2.24, 2.45) is 0 Å². The summed E-state index contributed by atoms with van der Waals surface area (Å²) in [5.74, 6) is 0. The summed E-state index contributed by atoms with van der Waals surface area (Å²) < 4.78 is 21.0. The molecule has 2 rings (SSSR count).